The molecule has 0 fully saturated rings. The first kappa shape index (κ1) is 26.3. The fraction of sp³-hybridized carbons (Fsp3) is 0.189. The molecule has 0 bridgehead atoms. The van der Waals surface area contributed by atoms with Crippen molar-refractivity contribution in [1.29, 1.82) is 0 Å². The van der Waals surface area contributed by atoms with Crippen LogP contribution in [0.1, 0.15) is 45.8 Å². The second-order valence-electron chi connectivity index (χ2n) is 11.0. The lowest BCUT2D eigenvalue weighted by atomic mass is 9.82. The number of hydrogen-bond acceptors (Lipinski definition) is 4. The fourth-order valence-corrected chi connectivity index (χ4v) is 6.41. The largest absolute Gasteiger partial charge is 0.494 e. The van der Waals surface area contributed by atoms with Gasteiger partial charge in [0, 0.05) is 29.5 Å². The van der Waals surface area contributed by atoms with E-state index < -0.39 is 11.4 Å². The molecule has 2 heterocycles. The van der Waals surface area contributed by atoms with E-state index in [0.717, 1.165) is 40.7 Å². The number of rotatable bonds is 6. The molecule has 0 saturated heterocycles. The normalized spacial score (nSPS) is 19.0. The molecule has 2 aliphatic rings. The number of aryl methyl sites for hydroxylation is 1. The number of nitrogens with one attached hydrogen (secondary N) is 1. The second-order valence-corrected chi connectivity index (χ2v) is 11.0. The van der Waals surface area contributed by atoms with Gasteiger partial charge in [0.2, 0.25) is 0 Å². The van der Waals surface area contributed by atoms with Crippen molar-refractivity contribution in [3.05, 3.63) is 142 Å². The maximum absolute atomic E-state index is 15.2. The molecule has 1 N–H and O–H groups in total. The molecule has 2 aliphatic heterocycles. The molecule has 4 nitrogen and oxygen atoms in total. The molecular weight excluding hydrogens is 525 g/mol. The fourth-order valence-electron chi connectivity index (χ4n) is 6.41. The Kier molecular flexibility index (Phi) is 6.67. The molecule has 0 radical (unpaired) electrons. The molecule has 0 saturated carbocycles. The van der Waals surface area contributed by atoms with Gasteiger partial charge in [-0.05, 0) is 76.7 Å². The second kappa shape index (κ2) is 10.7. The minimum absolute atomic E-state index is 0.130. The molecule has 0 spiro atoms. The highest BCUT2D eigenvalue weighted by molar-refractivity contribution is 5.97. The van der Waals surface area contributed by atoms with E-state index in [0.29, 0.717) is 12.2 Å². The Morgan fingerprint density at radius 1 is 0.881 bits per heavy atom. The maximum atomic E-state index is 15.2. The van der Waals surface area contributed by atoms with E-state index in [1.54, 1.807) is 13.2 Å². The van der Waals surface area contributed by atoms with E-state index in [4.69, 9.17) is 14.2 Å². The van der Waals surface area contributed by atoms with Crippen LogP contribution < -0.4 is 14.8 Å². The van der Waals surface area contributed by atoms with Crippen LogP contribution in [0.25, 0.3) is 16.8 Å². The number of halogens is 1. The van der Waals surface area contributed by atoms with Gasteiger partial charge in [0.25, 0.3) is 0 Å². The minimum Gasteiger partial charge on any atom is -0.494 e. The molecule has 0 aromatic heterocycles. The van der Waals surface area contributed by atoms with Crippen LogP contribution in [0.15, 0.2) is 103 Å². The third-order valence-electron chi connectivity index (χ3n) is 8.54. The highest BCUT2D eigenvalue weighted by Gasteiger charge is 2.39. The van der Waals surface area contributed by atoms with Crippen molar-refractivity contribution in [3.63, 3.8) is 0 Å². The first-order valence-corrected chi connectivity index (χ1v) is 14.3. The van der Waals surface area contributed by atoms with Gasteiger partial charge in [-0.2, -0.15) is 0 Å². The molecule has 7 rings (SSSR count). The molecular formula is C37H32FNO3. The Balaban J connectivity index is 1.39. The summed E-state index contributed by atoms with van der Waals surface area (Å²) >= 11 is 0. The van der Waals surface area contributed by atoms with Crippen molar-refractivity contribution in [2.75, 3.05) is 19.5 Å². The van der Waals surface area contributed by atoms with Gasteiger partial charge in [0.05, 0.1) is 19.8 Å². The van der Waals surface area contributed by atoms with Gasteiger partial charge < -0.3 is 19.5 Å². The van der Waals surface area contributed by atoms with Crippen LogP contribution in [0, 0.1) is 5.82 Å². The monoisotopic (exact) mass is 557 g/mol. The smallest absolute Gasteiger partial charge is 0.178 e. The summed E-state index contributed by atoms with van der Waals surface area (Å²) < 4.78 is 32.8. The van der Waals surface area contributed by atoms with Gasteiger partial charge in [-0.15, -0.1) is 0 Å². The highest BCUT2D eigenvalue weighted by atomic mass is 19.1. The van der Waals surface area contributed by atoms with Crippen LogP contribution in [0.3, 0.4) is 0 Å². The van der Waals surface area contributed by atoms with Crippen LogP contribution in [0.4, 0.5) is 10.1 Å². The topological polar surface area (TPSA) is 39.7 Å². The number of ether oxygens (including phenoxy) is 3. The van der Waals surface area contributed by atoms with Crippen LogP contribution in [-0.4, -0.2) is 14.2 Å². The molecule has 0 amide bonds. The molecule has 5 heteroatoms. The summed E-state index contributed by atoms with van der Waals surface area (Å²) in [6.45, 7) is 0.511. The zero-order valence-electron chi connectivity index (χ0n) is 23.7. The lowest BCUT2D eigenvalue weighted by Crippen LogP contribution is -2.34. The standard InChI is InChI=1S/C37H32FNO3/c1-40-23-24-11-14-26(15-12-24)37(27-16-18-35(41-2)32(38)21-27)20-19-30-28-8-4-5-9-29(28)31(22-36(30)42-37)34-17-13-25-7-3-6-10-33(25)39-34/h3-12,14-16,18-22,34,39H,13,17,23H2,1-2H3. The van der Waals surface area contributed by atoms with E-state index >= 15 is 4.39 Å². The minimum atomic E-state index is -1.04. The number of benzene rings is 5. The maximum Gasteiger partial charge on any atom is 0.178 e. The Morgan fingerprint density at radius 2 is 1.64 bits per heavy atom. The first-order valence-electron chi connectivity index (χ1n) is 14.3. The van der Waals surface area contributed by atoms with Crippen molar-refractivity contribution in [2.45, 2.75) is 31.1 Å². The van der Waals surface area contributed by atoms with Crippen molar-refractivity contribution >= 4 is 22.5 Å². The highest BCUT2D eigenvalue weighted by Crippen LogP contribution is 2.47. The van der Waals surface area contributed by atoms with Crippen molar-refractivity contribution in [1.82, 2.24) is 0 Å². The van der Waals surface area contributed by atoms with Crippen molar-refractivity contribution in [3.8, 4) is 11.5 Å². The average Bonchev–Trinajstić information content (AvgIpc) is 3.04. The summed E-state index contributed by atoms with van der Waals surface area (Å²) in [7, 11) is 3.15. The Bertz CT molecular complexity index is 1810. The van der Waals surface area contributed by atoms with Gasteiger partial charge in [-0.25, -0.2) is 4.39 Å². The van der Waals surface area contributed by atoms with E-state index in [9.17, 15) is 0 Å². The van der Waals surface area contributed by atoms with E-state index in [-0.39, 0.29) is 11.8 Å². The predicted octanol–water partition coefficient (Wildman–Crippen LogP) is 8.58. The van der Waals surface area contributed by atoms with E-state index in [1.807, 2.05) is 36.4 Å². The summed E-state index contributed by atoms with van der Waals surface area (Å²) in [4.78, 5) is 0. The molecule has 42 heavy (non-hydrogen) atoms. The van der Waals surface area contributed by atoms with Crippen LogP contribution >= 0.6 is 0 Å². The molecule has 5 aromatic rings. The van der Waals surface area contributed by atoms with E-state index in [2.05, 4.69) is 66.0 Å². The summed E-state index contributed by atoms with van der Waals surface area (Å²) in [6.07, 6.45) is 6.15. The van der Waals surface area contributed by atoms with Crippen LogP contribution in [0.2, 0.25) is 0 Å². The molecule has 5 aromatic carbocycles. The Morgan fingerprint density at radius 3 is 2.43 bits per heavy atom. The number of methoxy groups -OCH3 is 2. The van der Waals surface area contributed by atoms with Gasteiger partial charge in [-0.3, -0.25) is 0 Å². The summed E-state index contributed by atoms with van der Waals surface area (Å²) in [5.41, 5.74) is 6.32. The number of hydrogen-bond donors (Lipinski definition) is 1. The Labute approximate surface area is 245 Å². The van der Waals surface area contributed by atoms with Gasteiger partial charge >= 0.3 is 0 Å². The van der Waals surface area contributed by atoms with Crippen molar-refractivity contribution in [2.24, 2.45) is 0 Å². The lowest BCUT2D eigenvalue weighted by Gasteiger charge is -2.37. The molecule has 0 aliphatic carbocycles. The SMILES string of the molecule is COCc1ccc(C2(c3ccc(OC)c(F)c3)C=Cc3c(cc(C4CCc5ccccc5N4)c4ccccc34)O2)cc1. The van der Waals surface area contributed by atoms with Crippen LogP contribution in [0.5, 0.6) is 11.5 Å². The van der Waals surface area contributed by atoms with E-state index in [1.165, 1.54) is 35.4 Å². The third-order valence-corrected chi connectivity index (χ3v) is 8.54. The molecule has 2 atom stereocenters. The zero-order chi connectivity index (χ0) is 28.7. The number of para-hydroxylation sites is 1. The van der Waals surface area contributed by atoms with Gasteiger partial charge in [0.15, 0.2) is 17.2 Å². The van der Waals surface area contributed by atoms with Crippen LogP contribution in [-0.2, 0) is 23.4 Å². The quantitative estimate of drug-likeness (QED) is 0.227. The summed E-state index contributed by atoms with van der Waals surface area (Å²) in [5.74, 6) is 0.531. The molecule has 2 unspecified atom stereocenters. The number of anilines is 1. The zero-order valence-corrected chi connectivity index (χ0v) is 23.7. The Hall–Kier alpha value is -4.61. The average molecular weight is 558 g/mol. The van der Waals surface area contributed by atoms with Gasteiger partial charge in [-0.1, -0.05) is 72.8 Å². The third kappa shape index (κ3) is 4.41. The number of fused-ring (bicyclic) bond motifs is 4. The lowest BCUT2D eigenvalue weighted by molar-refractivity contribution is 0.160. The molecule has 210 valence electrons. The summed E-state index contributed by atoms with van der Waals surface area (Å²) in [6, 6.07) is 32.5. The van der Waals surface area contributed by atoms with Crippen molar-refractivity contribution < 1.29 is 18.6 Å². The first-order chi connectivity index (χ1) is 20.6. The van der Waals surface area contributed by atoms with Gasteiger partial charge in [0.1, 0.15) is 5.75 Å². The summed E-state index contributed by atoms with van der Waals surface area (Å²) in [5, 5.41) is 6.12. The predicted molar refractivity (Wildman–Crippen MR) is 166 cm³/mol.